The summed E-state index contributed by atoms with van der Waals surface area (Å²) in [5.74, 6) is 0.307. The Balaban J connectivity index is 2.61. The van der Waals surface area contributed by atoms with Gasteiger partial charge in [-0.1, -0.05) is 11.6 Å². The number of hydrogen-bond acceptors (Lipinski definition) is 2. The molecule has 18 heavy (non-hydrogen) atoms. The Morgan fingerprint density at radius 3 is 2.83 bits per heavy atom. The van der Waals surface area contributed by atoms with E-state index in [9.17, 15) is 4.39 Å². The molecule has 3 nitrogen and oxygen atoms in total. The van der Waals surface area contributed by atoms with E-state index in [1.54, 1.807) is 0 Å². The summed E-state index contributed by atoms with van der Waals surface area (Å²) in [6.07, 6.45) is 1.85. The van der Waals surface area contributed by atoms with E-state index in [4.69, 9.17) is 11.6 Å². The van der Waals surface area contributed by atoms with Crippen LogP contribution in [0.25, 0.3) is 5.69 Å². The van der Waals surface area contributed by atoms with Crippen LogP contribution in [-0.4, -0.2) is 16.1 Å². The Morgan fingerprint density at radius 1 is 1.50 bits per heavy atom. The van der Waals surface area contributed by atoms with Gasteiger partial charge in [-0.3, -0.25) is 4.57 Å². The minimum absolute atomic E-state index is 0.332. The van der Waals surface area contributed by atoms with Crippen molar-refractivity contribution >= 4 is 33.5 Å². The Bertz CT molecular complexity index is 560. The number of benzene rings is 1. The molecule has 96 valence electrons. The van der Waals surface area contributed by atoms with Crippen molar-refractivity contribution in [1.29, 1.82) is 0 Å². The van der Waals surface area contributed by atoms with Crippen molar-refractivity contribution in [2.24, 2.45) is 0 Å². The number of nitrogens with zero attached hydrogens (tertiary/aromatic N) is 2. The van der Waals surface area contributed by atoms with Crippen LogP contribution >= 0.6 is 27.5 Å². The van der Waals surface area contributed by atoms with Crippen molar-refractivity contribution in [2.45, 2.75) is 13.8 Å². The van der Waals surface area contributed by atoms with Gasteiger partial charge in [-0.05, 0) is 41.9 Å². The minimum atomic E-state index is -0.377. The van der Waals surface area contributed by atoms with Crippen molar-refractivity contribution in [1.82, 2.24) is 9.55 Å². The lowest BCUT2D eigenvalue weighted by Crippen LogP contribution is -2.06. The summed E-state index contributed by atoms with van der Waals surface area (Å²) in [5, 5.41) is 3.47. The van der Waals surface area contributed by atoms with Gasteiger partial charge in [0.1, 0.15) is 5.82 Å². The monoisotopic (exact) mass is 331 g/mol. The molecule has 1 N–H and O–H groups in total. The van der Waals surface area contributed by atoms with Crippen LogP contribution in [0.2, 0.25) is 5.02 Å². The zero-order chi connectivity index (χ0) is 13.3. The maximum atomic E-state index is 13.2. The number of halogens is 3. The third-order valence-electron chi connectivity index (χ3n) is 2.38. The second kappa shape index (κ2) is 5.28. The molecule has 0 aliphatic rings. The third-order valence-corrected chi connectivity index (χ3v) is 3.28. The normalized spacial score (nSPS) is 10.7. The Kier molecular flexibility index (Phi) is 3.92. The summed E-state index contributed by atoms with van der Waals surface area (Å²) in [6.45, 7) is 4.62. The van der Waals surface area contributed by atoms with Crippen LogP contribution in [-0.2, 0) is 0 Å². The molecule has 6 heteroatoms. The lowest BCUT2D eigenvalue weighted by atomic mass is 10.3. The molecular weight excluding hydrogens is 321 g/mol. The number of nitrogens with one attached hydrogen (secondary N) is 1. The fourth-order valence-corrected chi connectivity index (χ4v) is 2.75. The van der Waals surface area contributed by atoms with E-state index in [1.807, 2.05) is 24.6 Å². The summed E-state index contributed by atoms with van der Waals surface area (Å²) >= 11 is 9.43. The van der Waals surface area contributed by atoms with Crippen molar-refractivity contribution in [3.8, 4) is 5.69 Å². The van der Waals surface area contributed by atoms with Crippen molar-refractivity contribution in [3.05, 3.63) is 39.3 Å². The number of imidazole rings is 1. The number of aromatic nitrogens is 2. The number of aryl methyl sites for hydroxylation is 1. The zero-order valence-electron chi connectivity index (χ0n) is 9.97. The maximum absolute atomic E-state index is 13.2. The fraction of sp³-hybridized carbons (Fsp3) is 0.250. The summed E-state index contributed by atoms with van der Waals surface area (Å²) < 4.78 is 15.6. The van der Waals surface area contributed by atoms with Gasteiger partial charge in [0.05, 0.1) is 16.4 Å². The molecule has 2 aromatic rings. The summed E-state index contributed by atoms with van der Waals surface area (Å²) in [4.78, 5) is 4.36. The predicted molar refractivity (Wildman–Crippen MR) is 75.1 cm³/mol. The SMILES string of the molecule is CCNc1nc(C)cn1-c1c(Cl)cc(F)cc1Br. The lowest BCUT2D eigenvalue weighted by molar-refractivity contribution is 0.626. The first-order valence-corrected chi connectivity index (χ1v) is 6.64. The highest BCUT2D eigenvalue weighted by atomic mass is 79.9. The molecule has 0 bridgehead atoms. The average molecular weight is 333 g/mol. The molecule has 0 saturated carbocycles. The van der Waals surface area contributed by atoms with Crippen LogP contribution < -0.4 is 5.32 Å². The van der Waals surface area contributed by atoms with Gasteiger partial charge in [-0.25, -0.2) is 9.37 Å². The molecule has 1 aromatic carbocycles. The maximum Gasteiger partial charge on any atom is 0.207 e. The molecule has 0 amide bonds. The Labute approximate surface area is 118 Å². The standard InChI is InChI=1S/C12H12BrClFN3/c1-3-16-12-17-7(2)6-18(12)11-9(13)4-8(15)5-10(11)14/h4-6H,3H2,1-2H3,(H,16,17). The van der Waals surface area contributed by atoms with Gasteiger partial charge >= 0.3 is 0 Å². The number of hydrogen-bond donors (Lipinski definition) is 1. The average Bonchev–Trinajstić information content (AvgIpc) is 2.58. The van der Waals surface area contributed by atoms with E-state index in [0.29, 0.717) is 21.1 Å². The fourth-order valence-electron chi connectivity index (χ4n) is 1.72. The smallest absolute Gasteiger partial charge is 0.207 e. The molecule has 2 rings (SSSR count). The molecule has 0 fully saturated rings. The third kappa shape index (κ3) is 2.52. The predicted octanol–water partition coefficient (Wildman–Crippen LogP) is 4.17. The summed E-state index contributed by atoms with van der Waals surface area (Å²) in [5.41, 5.74) is 1.54. The first kappa shape index (κ1) is 13.4. The molecular formula is C12H12BrClFN3. The molecule has 1 heterocycles. The first-order chi connectivity index (χ1) is 8.52. The highest BCUT2D eigenvalue weighted by Gasteiger charge is 2.14. The van der Waals surface area contributed by atoms with Gasteiger partial charge in [-0.15, -0.1) is 0 Å². The topological polar surface area (TPSA) is 29.9 Å². The molecule has 0 spiro atoms. The molecule has 0 aliphatic carbocycles. The highest BCUT2D eigenvalue weighted by Crippen LogP contribution is 2.32. The van der Waals surface area contributed by atoms with Crippen LogP contribution in [0.4, 0.5) is 10.3 Å². The molecule has 1 aromatic heterocycles. The van der Waals surface area contributed by atoms with Gasteiger partial charge in [-0.2, -0.15) is 0 Å². The van der Waals surface area contributed by atoms with Crippen molar-refractivity contribution in [2.75, 3.05) is 11.9 Å². The summed E-state index contributed by atoms with van der Waals surface area (Å²) in [6, 6.07) is 2.67. The van der Waals surface area contributed by atoms with Crippen LogP contribution in [0.3, 0.4) is 0 Å². The second-order valence-electron chi connectivity index (χ2n) is 3.82. The van der Waals surface area contributed by atoms with Gasteiger partial charge in [0, 0.05) is 17.2 Å². The quantitative estimate of drug-likeness (QED) is 0.914. The molecule has 0 unspecified atom stereocenters. The van der Waals surface area contributed by atoms with E-state index in [2.05, 4.69) is 26.2 Å². The molecule has 0 radical (unpaired) electrons. The van der Waals surface area contributed by atoms with Crippen LogP contribution in [0.5, 0.6) is 0 Å². The van der Waals surface area contributed by atoms with E-state index < -0.39 is 0 Å². The summed E-state index contributed by atoms with van der Waals surface area (Å²) in [7, 11) is 0. The Morgan fingerprint density at radius 2 is 2.22 bits per heavy atom. The lowest BCUT2D eigenvalue weighted by Gasteiger charge is -2.12. The van der Waals surface area contributed by atoms with Crippen molar-refractivity contribution in [3.63, 3.8) is 0 Å². The molecule has 0 saturated heterocycles. The molecule has 0 atom stereocenters. The number of rotatable bonds is 3. The van der Waals surface area contributed by atoms with Crippen molar-refractivity contribution < 1.29 is 4.39 Å². The van der Waals surface area contributed by atoms with Gasteiger partial charge < -0.3 is 5.32 Å². The van der Waals surface area contributed by atoms with Crippen LogP contribution in [0, 0.1) is 12.7 Å². The minimum Gasteiger partial charge on any atom is -0.356 e. The first-order valence-electron chi connectivity index (χ1n) is 5.47. The Hall–Kier alpha value is -1.07. The number of anilines is 1. The van der Waals surface area contributed by atoms with Crippen LogP contribution in [0.15, 0.2) is 22.8 Å². The second-order valence-corrected chi connectivity index (χ2v) is 5.09. The highest BCUT2D eigenvalue weighted by molar-refractivity contribution is 9.10. The zero-order valence-corrected chi connectivity index (χ0v) is 12.3. The van der Waals surface area contributed by atoms with E-state index in [-0.39, 0.29) is 5.82 Å². The van der Waals surface area contributed by atoms with E-state index in [1.165, 1.54) is 12.1 Å². The van der Waals surface area contributed by atoms with Crippen LogP contribution in [0.1, 0.15) is 12.6 Å². The van der Waals surface area contributed by atoms with E-state index in [0.717, 1.165) is 12.2 Å². The van der Waals surface area contributed by atoms with Gasteiger partial charge in [0.2, 0.25) is 5.95 Å². The van der Waals surface area contributed by atoms with E-state index >= 15 is 0 Å². The van der Waals surface area contributed by atoms with Gasteiger partial charge in [0.25, 0.3) is 0 Å². The van der Waals surface area contributed by atoms with Gasteiger partial charge in [0.15, 0.2) is 0 Å². The largest absolute Gasteiger partial charge is 0.356 e. The molecule has 0 aliphatic heterocycles.